The Labute approximate surface area is 139 Å². The summed E-state index contributed by atoms with van der Waals surface area (Å²) in [5.41, 5.74) is 1.05. The van der Waals surface area contributed by atoms with Gasteiger partial charge in [0.15, 0.2) is 0 Å². The molecule has 1 aromatic rings. The van der Waals surface area contributed by atoms with Crippen LogP contribution >= 0.6 is 0 Å². The molecule has 0 bridgehead atoms. The molecular weight excluding hydrogens is 312 g/mol. The van der Waals surface area contributed by atoms with E-state index < -0.39 is 17.1 Å². The smallest absolute Gasteiger partial charge is 0.414 e. The summed E-state index contributed by atoms with van der Waals surface area (Å²) in [6.45, 7) is 1.93. The van der Waals surface area contributed by atoms with Gasteiger partial charge in [-0.25, -0.2) is 4.79 Å². The van der Waals surface area contributed by atoms with Crippen molar-refractivity contribution in [3.63, 3.8) is 0 Å². The monoisotopic (exact) mass is 330 g/mol. The molecule has 1 aliphatic heterocycles. The van der Waals surface area contributed by atoms with Crippen molar-refractivity contribution in [3.8, 4) is 0 Å². The van der Waals surface area contributed by atoms with E-state index in [9.17, 15) is 19.7 Å². The van der Waals surface area contributed by atoms with Crippen LogP contribution in [0.5, 0.6) is 0 Å². The lowest BCUT2D eigenvalue weighted by atomic mass is 9.85. The van der Waals surface area contributed by atoms with Gasteiger partial charge in [-0.2, -0.15) is 0 Å². The van der Waals surface area contributed by atoms with Gasteiger partial charge in [-0.05, 0) is 31.4 Å². The SMILES string of the molecule is CCOC(=O)N1C=Cc2c(cccc2[N+](=O)[O-])C1C1CCCC1=O. The number of amides is 1. The van der Waals surface area contributed by atoms with Gasteiger partial charge in [-0.1, -0.05) is 12.1 Å². The van der Waals surface area contributed by atoms with Gasteiger partial charge >= 0.3 is 6.09 Å². The van der Waals surface area contributed by atoms with E-state index >= 15 is 0 Å². The van der Waals surface area contributed by atoms with E-state index in [1.165, 1.54) is 17.2 Å². The van der Waals surface area contributed by atoms with Gasteiger partial charge in [-0.15, -0.1) is 0 Å². The number of rotatable bonds is 3. The molecule has 2 atom stereocenters. The first-order valence-corrected chi connectivity index (χ1v) is 7.98. The first-order chi connectivity index (χ1) is 11.5. The minimum atomic E-state index is -0.557. The number of benzene rings is 1. The number of Topliss-reactive ketones (excluding diaryl/α,β-unsaturated/α-hetero) is 1. The fourth-order valence-corrected chi connectivity index (χ4v) is 3.53. The highest BCUT2D eigenvalue weighted by atomic mass is 16.6. The van der Waals surface area contributed by atoms with E-state index in [0.717, 1.165) is 6.42 Å². The van der Waals surface area contributed by atoms with Gasteiger partial charge in [0.25, 0.3) is 5.69 Å². The Morgan fingerprint density at radius 1 is 1.46 bits per heavy atom. The summed E-state index contributed by atoms with van der Waals surface area (Å²) < 4.78 is 5.09. The quantitative estimate of drug-likeness (QED) is 0.625. The van der Waals surface area contributed by atoms with Crippen LogP contribution in [0.2, 0.25) is 0 Å². The summed E-state index contributed by atoms with van der Waals surface area (Å²) in [6.07, 6.45) is 4.39. The summed E-state index contributed by atoms with van der Waals surface area (Å²) in [6, 6.07) is 4.20. The van der Waals surface area contributed by atoms with Crippen LogP contribution in [0.15, 0.2) is 24.4 Å². The predicted octanol–water partition coefficient (Wildman–Crippen LogP) is 3.45. The van der Waals surface area contributed by atoms with E-state index in [4.69, 9.17) is 4.74 Å². The third-order valence-electron chi connectivity index (χ3n) is 4.55. The Morgan fingerprint density at radius 2 is 2.25 bits per heavy atom. The number of ether oxygens (including phenoxy) is 1. The number of ketones is 1. The summed E-state index contributed by atoms with van der Waals surface area (Å²) in [5.74, 6) is -0.276. The number of carbonyl (C=O) groups excluding carboxylic acids is 2. The Kier molecular flexibility index (Phi) is 4.33. The van der Waals surface area contributed by atoms with E-state index in [0.29, 0.717) is 24.0 Å². The fraction of sp³-hybridized carbons (Fsp3) is 0.412. The molecule has 1 amide bonds. The summed E-state index contributed by atoms with van der Waals surface area (Å²) in [4.78, 5) is 36.8. The topological polar surface area (TPSA) is 89.8 Å². The molecule has 0 radical (unpaired) electrons. The molecule has 24 heavy (non-hydrogen) atoms. The molecule has 2 unspecified atom stereocenters. The molecule has 3 rings (SSSR count). The zero-order valence-electron chi connectivity index (χ0n) is 13.3. The van der Waals surface area contributed by atoms with Crippen molar-refractivity contribution in [3.05, 3.63) is 45.6 Å². The van der Waals surface area contributed by atoms with E-state index in [2.05, 4.69) is 0 Å². The summed E-state index contributed by atoms with van der Waals surface area (Å²) in [5, 5.41) is 11.3. The normalized spacial score (nSPS) is 22.4. The maximum absolute atomic E-state index is 12.3. The second-order valence-corrected chi connectivity index (χ2v) is 5.87. The van der Waals surface area contributed by atoms with Crippen LogP contribution in [-0.2, 0) is 9.53 Å². The number of nitro benzene ring substituents is 1. The zero-order valence-corrected chi connectivity index (χ0v) is 13.3. The fourth-order valence-electron chi connectivity index (χ4n) is 3.53. The average Bonchev–Trinajstić information content (AvgIpc) is 2.98. The van der Waals surface area contributed by atoms with E-state index in [1.807, 2.05) is 0 Å². The zero-order chi connectivity index (χ0) is 17.3. The van der Waals surface area contributed by atoms with Gasteiger partial charge in [0.1, 0.15) is 5.78 Å². The molecule has 1 aromatic carbocycles. The van der Waals surface area contributed by atoms with Gasteiger partial charge in [-0.3, -0.25) is 19.8 Å². The Balaban J connectivity index is 2.10. The number of nitrogens with zero attached hydrogens (tertiary/aromatic N) is 2. The maximum Gasteiger partial charge on any atom is 0.414 e. The van der Waals surface area contributed by atoms with Gasteiger partial charge < -0.3 is 4.74 Å². The number of nitro groups is 1. The summed E-state index contributed by atoms with van der Waals surface area (Å²) >= 11 is 0. The van der Waals surface area contributed by atoms with Crippen molar-refractivity contribution in [1.29, 1.82) is 0 Å². The highest BCUT2D eigenvalue weighted by molar-refractivity contribution is 5.86. The number of fused-ring (bicyclic) bond motifs is 1. The largest absolute Gasteiger partial charge is 0.449 e. The molecule has 1 heterocycles. The molecule has 0 aromatic heterocycles. The Hall–Kier alpha value is -2.70. The summed E-state index contributed by atoms with van der Waals surface area (Å²) in [7, 11) is 0. The second kappa shape index (κ2) is 6.43. The van der Waals surface area contributed by atoms with Crippen LogP contribution in [0.4, 0.5) is 10.5 Å². The lowest BCUT2D eigenvalue weighted by Gasteiger charge is -2.35. The predicted molar refractivity (Wildman–Crippen MR) is 86.1 cm³/mol. The minimum absolute atomic E-state index is 0.0253. The first-order valence-electron chi connectivity index (χ1n) is 7.98. The van der Waals surface area contributed by atoms with E-state index in [1.54, 1.807) is 25.1 Å². The average molecular weight is 330 g/mol. The first kappa shape index (κ1) is 16.2. The Morgan fingerprint density at radius 3 is 2.88 bits per heavy atom. The molecule has 1 fully saturated rings. The van der Waals surface area contributed by atoms with Crippen LogP contribution < -0.4 is 0 Å². The van der Waals surface area contributed by atoms with Crippen LogP contribution in [0, 0.1) is 16.0 Å². The molecule has 0 saturated heterocycles. The molecule has 7 heteroatoms. The lowest BCUT2D eigenvalue weighted by Crippen LogP contribution is -2.38. The third kappa shape index (κ3) is 2.66. The molecule has 2 aliphatic rings. The second-order valence-electron chi connectivity index (χ2n) is 5.87. The number of carbonyl (C=O) groups is 2. The third-order valence-corrected chi connectivity index (χ3v) is 4.55. The minimum Gasteiger partial charge on any atom is -0.449 e. The van der Waals surface area contributed by atoms with Crippen LogP contribution in [0.3, 0.4) is 0 Å². The van der Waals surface area contributed by atoms with Gasteiger partial charge in [0.05, 0.1) is 23.1 Å². The van der Waals surface area contributed by atoms with Crippen molar-refractivity contribution in [2.75, 3.05) is 6.61 Å². The maximum atomic E-state index is 12.3. The molecular formula is C17H18N2O5. The molecule has 7 nitrogen and oxygen atoms in total. The molecule has 1 aliphatic carbocycles. The van der Waals surface area contributed by atoms with Gasteiger partial charge in [0, 0.05) is 24.6 Å². The van der Waals surface area contributed by atoms with Crippen molar-refractivity contribution in [2.24, 2.45) is 5.92 Å². The molecule has 0 spiro atoms. The Bertz CT molecular complexity index is 728. The molecule has 1 saturated carbocycles. The number of hydrogen-bond donors (Lipinski definition) is 0. The molecule has 126 valence electrons. The van der Waals surface area contributed by atoms with E-state index in [-0.39, 0.29) is 24.0 Å². The highest BCUT2D eigenvalue weighted by Gasteiger charge is 2.42. The highest BCUT2D eigenvalue weighted by Crippen LogP contribution is 2.43. The lowest BCUT2D eigenvalue weighted by molar-refractivity contribution is -0.385. The van der Waals surface area contributed by atoms with Crippen molar-refractivity contribution < 1.29 is 19.2 Å². The van der Waals surface area contributed by atoms with Crippen molar-refractivity contribution in [2.45, 2.75) is 32.2 Å². The van der Waals surface area contributed by atoms with Crippen LogP contribution in [0.1, 0.15) is 43.4 Å². The molecule has 0 N–H and O–H groups in total. The van der Waals surface area contributed by atoms with Crippen molar-refractivity contribution >= 4 is 23.6 Å². The van der Waals surface area contributed by atoms with Crippen LogP contribution in [0.25, 0.3) is 6.08 Å². The van der Waals surface area contributed by atoms with Crippen LogP contribution in [-0.4, -0.2) is 28.3 Å². The van der Waals surface area contributed by atoms with Crippen molar-refractivity contribution in [1.82, 2.24) is 4.90 Å². The standard InChI is InChI=1S/C17H18N2O5/c1-2-24-17(21)18-10-9-11-12(5-3-7-14(11)19(22)23)16(18)13-6-4-8-15(13)20/h3,5,7,9-10,13,16H,2,4,6,8H2,1H3. The number of hydrogen-bond acceptors (Lipinski definition) is 5. The van der Waals surface area contributed by atoms with Gasteiger partial charge in [0.2, 0.25) is 0 Å².